The van der Waals surface area contributed by atoms with E-state index in [0.717, 1.165) is 35.1 Å². The van der Waals surface area contributed by atoms with Gasteiger partial charge >= 0.3 is 0 Å². The van der Waals surface area contributed by atoms with Gasteiger partial charge in [-0.15, -0.1) is 0 Å². The molecule has 3 aromatic rings. The highest BCUT2D eigenvalue weighted by Crippen LogP contribution is 2.50. The normalized spacial score (nSPS) is 16.5. The third-order valence-electron chi connectivity index (χ3n) is 5.68. The molecule has 4 rings (SSSR count). The lowest BCUT2D eigenvalue weighted by Gasteiger charge is -2.27. The average Bonchev–Trinajstić information content (AvgIpc) is 3.27. The number of hydrogen-bond acceptors (Lipinski definition) is 7. The van der Waals surface area contributed by atoms with Crippen molar-refractivity contribution in [2.24, 2.45) is 16.6 Å². The van der Waals surface area contributed by atoms with Gasteiger partial charge in [0.1, 0.15) is 5.82 Å². The van der Waals surface area contributed by atoms with Crippen LogP contribution in [0.15, 0.2) is 64.8 Å². The lowest BCUT2D eigenvalue weighted by Crippen LogP contribution is -2.28. The van der Waals surface area contributed by atoms with Crippen LogP contribution in [-0.2, 0) is 5.41 Å². The van der Waals surface area contributed by atoms with E-state index in [9.17, 15) is 0 Å². The molecule has 154 valence electrons. The number of allylic oxidation sites excluding steroid dienone is 1. The van der Waals surface area contributed by atoms with Crippen LogP contribution in [0.2, 0.25) is 0 Å². The molecule has 0 spiro atoms. The minimum absolute atomic E-state index is 0.328. The van der Waals surface area contributed by atoms with Gasteiger partial charge in [-0.2, -0.15) is 10.1 Å². The molecule has 0 amide bonds. The van der Waals surface area contributed by atoms with Gasteiger partial charge in [-0.3, -0.25) is 5.10 Å². The summed E-state index contributed by atoms with van der Waals surface area (Å²) in [6.45, 7) is 5.98. The highest BCUT2D eigenvalue weighted by atomic mass is 16.5. The summed E-state index contributed by atoms with van der Waals surface area (Å²) in [5, 5.41) is 13.9. The summed E-state index contributed by atoms with van der Waals surface area (Å²) in [6.07, 6.45) is 8.93. The van der Waals surface area contributed by atoms with Gasteiger partial charge in [0.25, 0.3) is 5.89 Å². The van der Waals surface area contributed by atoms with Crippen molar-refractivity contribution in [3.63, 3.8) is 0 Å². The van der Waals surface area contributed by atoms with E-state index in [4.69, 9.17) is 10.3 Å². The molecule has 0 radical (unpaired) electrons. The van der Waals surface area contributed by atoms with Crippen molar-refractivity contribution in [2.45, 2.75) is 25.2 Å². The van der Waals surface area contributed by atoms with E-state index < -0.39 is 0 Å². The Hall–Kier alpha value is -3.68. The van der Waals surface area contributed by atoms with E-state index in [0.29, 0.717) is 23.5 Å². The SMILES string of the molecule is C=C(/N=C\C(=C/N)c1ccc([C@](C)(c2noc(-c3cn[nH]c3)n2)C2CC2)cc1)NC. The van der Waals surface area contributed by atoms with Crippen molar-refractivity contribution in [1.29, 1.82) is 0 Å². The van der Waals surface area contributed by atoms with Crippen molar-refractivity contribution in [2.75, 3.05) is 7.05 Å². The van der Waals surface area contributed by atoms with E-state index in [1.165, 1.54) is 6.20 Å². The summed E-state index contributed by atoms with van der Waals surface area (Å²) in [6, 6.07) is 8.29. The standard InChI is InChI=1S/C22H25N7O/c1-14(24-3)25-11-16(10-23)15-4-6-18(7-5-15)22(2,19-8-9-19)21-28-20(30-29-21)17-12-26-27-13-17/h4-7,10-13,19,24H,1,8-9,23H2,2-3H3,(H,26,27)/b16-10+,25-11-/t22-/m0/s1. The molecule has 30 heavy (non-hydrogen) atoms. The van der Waals surface area contributed by atoms with E-state index in [-0.39, 0.29) is 5.41 Å². The molecule has 0 aliphatic heterocycles. The Morgan fingerprint density at radius 3 is 2.73 bits per heavy atom. The predicted octanol–water partition coefficient (Wildman–Crippen LogP) is 3.24. The number of aromatic amines is 1. The summed E-state index contributed by atoms with van der Waals surface area (Å²) >= 11 is 0. The molecule has 2 heterocycles. The summed E-state index contributed by atoms with van der Waals surface area (Å²) in [5.41, 5.74) is 9.19. The third-order valence-corrected chi connectivity index (χ3v) is 5.68. The fourth-order valence-electron chi connectivity index (χ4n) is 3.56. The van der Waals surface area contributed by atoms with Crippen molar-refractivity contribution >= 4 is 11.8 Å². The third kappa shape index (κ3) is 3.63. The van der Waals surface area contributed by atoms with Crippen molar-refractivity contribution in [3.8, 4) is 11.5 Å². The van der Waals surface area contributed by atoms with Gasteiger partial charge in [-0.05, 0) is 36.8 Å². The maximum atomic E-state index is 5.81. The molecule has 8 nitrogen and oxygen atoms in total. The van der Waals surface area contributed by atoms with Crippen LogP contribution in [0, 0.1) is 5.92 Å². The summed E-state index contributed by atoms with van der Waals surface area (Å²) in [7, 11) is 1.77. The molecule has 2 aromatic heterocycles. The van der Waals surface area contributed by atoms with Gasteiger partial charge in [-0.1, -0.05) is 36.0 Å². The number of H-pyrrole nitrogens is 1. The molecular weight excluding hydrogens is 378 g/mol. The minimum atomic E-state index is -0.328. The quantitative estimate of drug-likeness (QED) is 0.497. The average molecular weight is 403 g/mol. The number of aromatic nitrogens is 4. The maximum absolute atomic E-state index is 5.81. The van der Waals surface area contributed by atoms with E-state index in [1.807, 2.05) is 12.1 Å². The number of aliphatic imine (C=N–C) groups is 1. The van der Waals surface area contributed by atoms with Crippen LogP contribution in [0.4, 0.5) is 0 Å². The molecule has 0 saturated heterocycles. The fourth-order valence-corrected chi connectivity index (χ4v) is 3.56. The predicted molar refractivity (Wildman–Crippen MR) is 116 cm³/mol. The van der Waals surface area contributed by atoms with Crippen molar-refractivity contribution in [3.05, 3.63) is 72.2 Å². The van der Waals surface area contributed by atoms with Gasteiger partial charge in [0, 0.05) is 31.2 Å². The van der Waals surface area contributed by atoms with E-state index in [1.54, 1.807) is 25.7 Å². The highest BCUT2D eigenvalue weighted by molar-refractivity contribution is 6.09. The second-order valence-corrected chi connectivity index (χ2v) is 7.54. The fraction of sp³-hybridized carbons (Fsp3) is 0.273. The number of nitrogens with one attached hydrogen (secondary N) is 2. The van der Waals surface area contributed by atoms with Crippen LogP contribution in [0.1, 0.15) is 36.7 Å². The Kier molecular flexibility index (Phi) is 5.22. The largest absolute Gasteiger partial charge is 0.404 e. The number of hydrogen-bond donors (Lipinski definition) is 3. The molecule has 1 aliphatic rings. The molecule has 1 saturated carbocycles. The van der Waals surface area contributed by atoms with Gasteiger partial charge in [0.05, 0.1) is 17.2 Å². The molecule has 0 unspecified atom stereocenters. The van der Waals surface area contributed by atoms with Crippen LogP contribution in [0.25, 0.3) is 17.0 Å². The molecule has 8 heteroatoms. The van der Waals surface area contributed by atoms with Crippen LogP contribution < -0.4 is 11.1 Å². The van der Waals surface area contributed by atoms with Crippen molar-refractivity contribution in [1.82, 2.24) is 25.7 Å². The van der Waals surface area contributed by atoms with Crippen LogP contribution in [0.5, 0.6) is 0 Å². The van der Waals surface area contributed by atoms with Gasteiger partial charge < -0.3 is 15.6 Å². The zero-order chi connectivity index (χ0) is 21.1. The molecule has 0 bridgehead atoms. The topological polar surface area (TPSA) is 118 Å². The van der Waals surface area contributed by atoms with Crippen molar-refractivity contribution < 1.29 is 4.52 Å². The highest BCUT2D eigenvalue weighted by Gasteiger charge is 2.47. The Morgan fingerprint density at radius 1 is 1.37 bits per heavy atom. The molecule has 1 fully saturated rings. The smallest absolute Gasteiger partial charge is 0.261 e. The van der Waals surface area contributed by atoms with Gasteiger partial charge in [0.15, 0.2) is 5.82 Å². The van der Waals surface area contributed by atoms with Gasteiger partial charge in [-0.25, -0.2) is 4.99 Å². The number of nitrogens with two attached hydrogens (primary N) is 1. The van der Waals surface area contributed by atoms with E-state index in [2.05, 4.69) is 56.3 Å². The number of benzene rings is 1. The first-order valence-corrected chi connectivity index (χ1v) is 9.83. The summed E-state index contributed by atoms with van der Waals surface area (Å²) in [4.78, 5) is 8.94. The Balaban J connectivity index is 1.64. The van der Waals surface area contributed by atoms with Crippen LogP contribution in [0.3, 0.4) is 0 Å². The molecule has 4 N–H and O–H groups in total. The first-order chi connectivity index (χ1) is 14.6. The summed E-state index contributed by atoms with van der Waals surface area (Å²) < 4.78 is 5.52. The second kappa shape index (κ2) is 7.98. The Morgan fingerprint density at radius 2 is 2.13 bits per heavy atom. The van der Waals surface area contributed by atoms with Crippen LogP contribution in [-0.4, -0.2) is 33.6 Å². The lowest BCUT2D eigenvalue weighted by atomic mass is 9.76. The molecule has 1 aromatic carbocycles. The molecular formula is C22H25N7O. The second-order valence-electron chi connectivity index (χ2n) is 7.54. The first-order valence-electron chi connectivity index (χ1n) is 9.83. The van der Waals surface area contributed by atoms with Crippen LogP contribution >= 0.6 is 0 Å². The van der Waals surface area contributed by atoms with Gasteiger partial charge in [0.2, 0.25) is 0 Å². The zero-order valence-electron chi connectivity index (χ0n) is 17.1. The minimum Gasteiger partial charge on any atom is -0.404 e. The summed E-state index contributed by atoms with van der Waals surface area (Å²) in [5.74, 6) is 2.20. The zero-order valence-corrected chi connectivity index (χ0v) is 17.1. The monoisotopic (exact) mass is 403 g/mol. The Bertz CT molecular complexity index is 1080. The maximum Gasteiger partial charge on any atom is 0.261 e. The molecule has 1 atom stereocenters. The number of rotatable bonds is 8. The Labute approximate surface area is 175 Å². The van der Waals surface area contributed by atoms with E-state index >= 15 is 0 Å². The first kappa shape index (κ1) is 19.6. The molecule has 1 aliphatic carbocycles. The number of nitrogens with zero attached hydrogens (tertiary/aromatic N) is 4. The lowest BCUT2D eigenvalue weighted by molar-refractivity contribution is 0.386.